The van der Waals surface area contributed by atoms with Crippen molar-refractivity contribution in [3.8, 4) is 0 Å². The Morgan fingerprint density at radius 1 is 0.917 bits per heavy atom. The third kappa shape index (κ3) is 5.35. The lowest BCUT2D eigenvalue weighted by molar-refractivity contribution is -0.142. The van der Waals surface area contributed by atoms with Gasteiger partial charge in [-0.1, -0.05) is 48.5 Å². The average Bonchev–Trinajstić information content (AvgIpc) is 2.61. The Labute approximate surface area is 140 Å². The molecule has 0 bridgehead atoms. The van der Waals surface area contributed by atoms with Gasteiger partial charge in [0.05, 0.1) is 6.42 Å². The molecule has 0 saturated heterocycles. The summed E-state index contributed by atoms with van der Waals surface area (Å²) in [5, 5.41) is 2.72. The van der Waals surface area contributed by atoms with E-state index in [0.717, 1.165) is 0 Å². The van der Waals surface area contributed by atoms with Gasteiger partial charge in [-0.2, -0.15) is 0 Å². The molecule has 0 saturated carbocycles. The van der Waals surface area contributed by atoms with Crippen molar-refractivity contribution < 1.29 is 19.1 Å². The van der Waals surface area contributed by atoms with Crippen LogP contribution in [0.15, 0.2) is 60.7 Å². The molecule has 0 radical (unpaired) electrons. The van der Waals surface area contributed by atoms with Gasteiger partial charge in [-0.3, -0.25) is 14.4 Å². The van der Waals surface area contributed by atoms with Gasteiger partial charge in [-0.15, -0.1) is 0 Å². The first kappa shape index (κ1) is 17.4. The van der Waals surface area contributed by atoms with Gasteiger partial charge < -0.3 is 10.1 Å². The molecule has 0 aliphatic heterocycles. The Bertz CT molecular complexity index is 698. The topological polar surface area (TPSA) is 72.5 Å². The number of nitrogens with one attached hydrogen (secondary N) is 1. The second-order valence-electron chi connectivity index (χ2n) is 5.39. The number of esters is 1. The molecule has 0 fully saturated rings. The maximum absolute atomic E-state index is 12.0. The van der Waals surface area contributed by atoms with Crippen molar-refractivity contribution in [2.24, 2.45) is 0 Å². The first-order valence-electron chi connectivity index (χ1n) is 7.66. The number of ketones is 1. The van der Waals surface area contributed by atoms with Crippen LogP contribution in [0.4, 0.5) is 0 Å². The molecule has 24 heavy (non-hydrogen) atoms. The molecule has 1 amide bonds. The molecule has 0 aromatic heterocycles. The molecule has 1 atom stereocenters. The number of ether oxygens (including phenoxy) is 1. The molecule has 0 aliphatic rings. The molecule has 124 valence electrons. The Morgan fingerprint density at radius 2 is 1.46 bits per heavy atom. The monoisotopic (exact) mass is 325 g/mol. The average molecular weight is 325 g/mol. The van der Waals surface area contributed by atoms with E-state index in [0.29, 0.717) is 11.1 Å². The van der Waals surface area contributed by atoms with Crippen LogP contribution >= 0.6 is 0 Å². The number of carbonyl (C=O) groups excluding carboxylic acids is 3. The predicted octanol–water partition coefficient (Wildman–Crippen LogP) is 2.62. The summed E-state index contributed by atoms with van der Waals surface area (Å²) in [5.74, 6) is -1.04. The Kier molecular flexibility index (Phi) is 6.25. The van der Waals surface area contributed by atoms with Crippen molar-refractivity contribution in [2.45, 2.75) is 19.4 Å². The SMILES string of the molecule is CC(CC(=O)OCC(=O)c1ccccc1)NC(=O)c1ccccc1. The summed E-state index contributed by atoms with van der Waals surface area (Å²) in [4.78, 5) is 35.6. The largest absolute Gasteiger partial charge is 0.457 e. The van der Waals surface area contributed by atoms with E-state index in [1.165, 1.54) is 0 Å². The van der Waals surface area contributed by atoms with Gasteiger partial charge in [-0.05, 0) is 19.1 Å². The van der Waals surface area contributed by atoms with Crippen molar-refractivity contribution in [3.63, 3.8) is 0 Å². The van der Waals surface area contributed by atoms with Crippen molar-refractivity contribution in [1.82, 2.24) is 5.32 Å². The maximum atomic E-state index is 12.0. The lowest BCUT2D eigenvalue weighted by Gasteiger charge is -2.13. The van der Waals surface area contributed by atoms with Gasteiger partial charge in [0.1, 0.15) is 0 Å². The van der Waals surface area contributed by atoms with E-state index in [1.807, 2.05) is 6.07 Å². The zero-order valence-corrected chi connectivity index (χ0v) is 13.4. The molecule has 5 nitrogen and oxygen atoms in total. The van der Waals surface area contributed by atoms with Crippen molar-refractivity contribution in [1.29, 1.82) is 0 Å². The van der Waals surface area contributed by atoms with Crippen molar-refractivity contribution in [2.75, 3.05) is 6.61 Å². The van der Waals surface area contributed by atoms with Crippen LogP contribution in [0.3, 0.4) is 0 Å². The minimum Gasteiger partial charge on any atom is -0.457 e. The molecular formula is C19H19NO4. The number of carbonyl (C=O) groups is 3. The van der Waals surface area contributed by atoms with Gasteiger partial charge in [0, 0.05) is 17.2 Å². The molecule has 2 aromatic rings. The molecule has 0 aliphatic carbocycles. The fraction of sp³-hybridized carbons (Fsp3) is 0.211. The number of hydrogen-bond donors (Lipinski definition) is 1. The summed E-state index contributed by atoms with van der Waals surface area (Å²) in [6.07, 6.45) is 0.000638. The third-order valence-electron chi connectivity index (χ3n) is 3.35. The highest BCUT2D eigenvalue weighted by atomic mass is 16.5. The Hall–Kier alpha value is -2.95. The lowest BCUT2D eigenvalue weighted by Crippen LogP contribution is -2.34. The Morgan fingerprint density at radius 3 is 2.04 bits per heavy atom. The maximum Gasteiger partial charge on any atom is 0.308 e. The first-order chi connectivity index (χ1) is 11.6. The molecule has 2 rings (SSSR count). The van der Waals surface area contributed by atoms with Gasteiger partial charge in [0.15, 0.2) is 12.4 Å². The van der Waals surface area contributed by atoms with Crippen molar-refractivity contribution >= 4 is 17.7 Å². The van der Waals surface area contributed by atoms with Gasteiger partial charge in [-0.25, -0.2) is 0 Å². The van der Waals surface area contributed by atoms with Gasteiger partial charge in [0.2, 0.25) is 0 Å². The molecule has 0 heterocycles. The van der Waals surface area contributed by atoms with Crippen LogP contribution in [0.25, 0.3) is 0 Å². The van der Waals surface area contributed by atoms with Crippen LogP contribution in [0.1, 0.15) is 34.1 Å². The molecule has 1 unspecified atom stereocenters. The molecule has 1 N–H and O–H groups in total. The molecule has 2 aromatic carbocycles. The standard InChI is InChI=1S/C19H19NO4/c1-14(20-19(23)16-10-6-3-7-11-16)12-18(22)24-13-17(21)15-8-4-2-5-9-15/h2-11,14H,12-13H2,1H3,(H,20,23). The highest BCUT2D eigenvalue weighted by Crippen LogP contribution is 2.03. The minimum absolute atomic E-state index is 0.000638. The zero-order valence-electron chi connectivity index (χ0n) is 13.4. The second kappa shape index (κ2) is 8.62. The summed E-state index contributed by atoms with van der Waals surface area (Å²) in [5.41, 5.74) is 1.02. The van der Waals surface area contributed by atoms with E-state index in [2.05, 4.69) is 5.32 Å². The Balaban J connectivity index is 1.75. The van der Waals surface area contributed by atoms with E-state index < -0.39 is 12.0 Å². The minimum atomic E-state index is -0.528. The summed E-state index contributed by atoms with van der Waals surface area (Å²) in [6.45, 7) is 1.41. The number of hydrogen-bond acceptors (Lipinski definition) is 4. The van der Waals surface area contributed by atoms with Crippen LogP contribution in [-0.2, 0) is 9.53 Å². The van der Waals surface area contributed by atoms with Crippen molar-refractivity contribution in [3.05, 3.63) is 71.8 Å². The fourth-order valence-electron chi connectivity index (χ4n) is 2.11. The van der Waals surface area contributed by atoms with Crippen LogP contribution < -0.4 is 5.32 Å². The predicted molar refractivity (Wildman–Crippen MR) is 89.7 cm³/mol. The van der Waals surface area contributed by atoms with Gasteiger partial charge in [0.25, 0.3) is 5.91 Å². The van der Waals surface area contributed by atoms with E-state index in [1.54, 1.807) is 61.5 Å². The molecule has 0 spiro atoms. The number of rotatable bonds is 7. The van der Waals surface area contributed by atoms with Gasteiger partial charge >= 0.3 is 5.97 Å². The zero-order chi connectivity index (χ0) is 17.4. The quantitative estimate of drug-likeness (QED) is 0.627. The van der Waals surface area contributed by atoms with Crippen LogP contribution in [-0.4, -0.2) is 30.3 Å². The van der Waals surface area contributed by atoms with Crippen LogP contribution in [0.2, 0.25) is 0 Å². The number of Topliss-reactive ketones (excluding diaryl/α,β-unsaturated/α-hetero) is 1. The smallest absolute Gasteiger partial charge is 0.308 e. The molecule has 5 heteroatoms. The number of amides is 1. The lowest BCUT2D eigenvalue weighted by atomic mass is 10.1. The first-order valence-corrected chi connectivity index (χ1v) is 7.66. The summed E-state index contributed by atoms with van der Waals surface area (Å²) >= 11 is 0. The van der Waals surface area contributed by atoms with E-state index in [9.17, 15) is 14.4 Å². The summed E-state index contributed by atoms with van der Waals surface area (Å²) in [6, 6.07) is 17.0. The summed E-state index contributed by atoms with van der Waals surface area (Å²) < 4.78 is 4.98. The van der Waals surface area contributed by atoms with E-state index >= 15 is 0 Å². The fourth-order valence-corrected chi connectivity index (χ4v) is 2.11. The normalized spacial score (nSPS) is 11.4. The van der Waals surface area contributed by atoms with Crippen LogP contribution in [0, 0.1) is 0 Å². The summed E-state index contributed by atoms with van der Waals surface area (Å²) in [7, 11) is 0. The van der Waals surface area contributed by atoms with Crippen LogP contribution in [0.5, 0.6) is 0 Å². The second-order valence-corrected chi connectivity index (χ2v) is 5.39. The van der Waals surface area contributed by atoms with E-state index in [4.69, 9.17) is 4.74 Å². The molecular weight excluding hydrogens is 306 g/mol. The van der Waals surface area contributed by atoms with E-state index in [-0.39, 0.29) is 24.7 Å². The number of benzene rings is 2. The third-order valence-corrected chi connectivity index (χ3v) is 3.35. The highest BCUT2D eigenvalue weighted by molar-refractivity contribution is 5.98. The highest BCUT2D eigenvalue weighted by Gasteiger charge is 2.15.